The maximum atomic E-state index is 6.61. The van der Waals surface area contributed by atoms with Gasteiger partial charge in [-0.15, -0.1) is 0 Å². The van der Waals surface area contributed by atoms with Crippen molar-refractivity contribution in [2.45, 2.75) is 5.41 Å². The molecule has 0 fully saturated rings. The van der Waals surface area contributed by atoms with Gasteiger partial charge in [0.15, 0.2) is 17.5 Å². The number of fused-ring (bicyclic) bond motifs is 9. The van der Waals surface area contributed by atoms with Crippen molar-refractivity contribution < 1.29 is 8.83 Å². The van der Waals surface area contributed by atoms with E-state index in [9.17, 15) is 0 Å². The van der Waals surface area contributed by atoms with Crippen molar-refractivity contribution in [1.82, 2.24) is 15.0 Å². The molecule has 0 radical (unpaired) electrons. The molecule has 3 aromatic heterocycles. The van der Waals surface area contributed by atoms with Crippen LogP contribution in [0.25, 0.3) is 100 Å². The summed E-state index contributed by atoms with van der Waals surface area (Å²) < 4.78 is 13.1. The maximum Gasteiger partial charge on any atom is 0.167 e. The van der Waals surface area contributed by atoms with Gasteiger partial charge in [0.2, 0.25) is 0 Å². The Morgan fingerprint density at radius 2 is 0.873 bits per heavy atom. The van der Waals surface area contributed by atoms with Gasteiger partial charge in [-0.2, -0.15) is 0 Å². The highest BCUT2D eigenvalue weighted by Crippen LogP contribution is 2.57. The minimum Gasteiger partial charge on any atom is -0.456 e. The van der Waals surface area contributed by atoms with Gasteiger partial charge in [0.1, 0.15) is 22.3 Å². The third-order valence-electron chi connectivity index (χ3n) is 12.8. The molecule has 294 valence electrons. The van der Waals surface area contributed by atoms with Crippen molar-refractivity contribution in [3.8, 4) is 56.4 Å². The van der Waals surface area contributed by atoms with Gasteiger partial charge < -0.3 is 8.83 Å². The second-order valence-corrected chi connectivity index (χ2v) is 16.2. The largest absolute Gasteiger partial charge is 0.456 e. The Morgan fingerprint density at radius 3 is 1.68 bits per heavy atom. The number of aromatic nitrogens is 3. The van der Waals surface area contributed by atoms with Crippen molar-refractivity contribution in [2.24, 2.45) is 0 Å². The highest BCUT2D eigenvalue weighted by Gasteiger charge is 2.46. The van der Waals surface area contributed by atoms with Crippen LogP contribution < -0.4 is 0 Å². The summed E-state index contributed by atoms with van der Waals surface area (Å²) in [7, 11) is 0. The Hall–Kier alpha value is -8.41. The van der Waals surface area contributed by atoms with Gasteiger partial charge in [0.25, 0.3) is 0 Å². The third kappa shape index (κ3) is 5.33. The number of nitrogens with zero attached hydrogens (tertiary/aromatic N) is 3. The molecule has 63 heavy (non-hydrogen) atoms. The van der Waals surface area contributed by atoms with E-state index in [1.807, 2.05) is 72.8 Å². The van der Waals surface area contributed by atoms with E-state index in [2.05, 4.69) is 140 Å². The summed E-state index contributed by atoms with van der Waals surface area (Å²) in [6.07, 6.45) is 0. The monoisotopic (exact) mass is 805 g/mol. The Labute approximate surface area is 362 Å². The van der Waals surface area contributed by atoms with E-state index in [-0.39, 0.29) is 0 Å². The van der Waals surface area contributed by atoms with Gasteiger partial charge in [0.05, 0.1) is 11.0 Å². The fourth-order valence-corrected chi connectivity index (χ4v) is 10.1. The van der Waals surface area contributed by atoms with Gasteiger partial charge in [-0.3, -0.25) is 0 Å². The van der Waals surface area contributed by atoms with Crippen molar-refractivity contribution in [3.63, 3.8) is 0 Å². The summed E-state index contributed by atoms with van der Waals surface area (Å²) >= 11 is 0. The topological polar surface area (TPSA) is 65.0 Å². The highest BCUT2D eigenvalue weighted by atomic mass is 16.3. The predicted molar refractivity (Wildman–Crippen MR) is 253 cm³/mol. The molecule has 3 heterocycles. The molecular formula is C58H35N3O2. The molecule has 0 saturated heterocycles. The number of rotatable bonds is 6. The summed E-state index contributed by atoms with van der Waals surface area (Å²) in [5.41, 5.74) is 14.9. The zero-order valence-corrected chi connectivity index (χ0v) is 33.9. The van der Waals surface area contributed by atoms with Crippen molar-refractivity contribution >= 4 is 43.9 Å². The Bertz CT molecular complexity index is 3700. The van der Waals surface area contributed by atoms with Gasteiger partial charge in [0, 0.05) is 32.7 Å². The third-order valence-corrected chi connectivity index (χ3v) is 12.8. The first-order valence-electron chi connectivity index (χ1n) is 21.3. The lowest BCUT2D eigenvalue weighted by Gasteiger charge is -2.34. The normalized spacial score (nSPS) is 12.9. The summed E-state index contributed by atoms with van der Waals surface area (Å²) in [5.74, 6) is 1.67. The average Bonchev–Trinajstić information content (AvgIpc) is 4.03. The molecule has 13 rings (SSSR count). The predicted octanol–water partition coefficient (Wildman–Crippen LogP) is 14.7. The summed E-state index contributed by atoms with van der Waals surface area (Å²) in [4.78, 5) is 15.5. The van der Waals surface area contributed by atoms with E-state index >= 15 is 0 Å². The van der Waals surface area contributed by atoms with Gasteiger partial charge in [-0.1, -0.05) is 176 Å². The molecular weight excluding hydrogens is 771 g/mol. The second kappa shape index (κ2) is 13.8. The van der Waals surface area contributed by atoms with Crippen LogP contribution in [0.2, 0.25) is 0 Å². The van der Waals surface area contributed by atoms with Crippen molar-refractivity contribution in [2.75, 3.05) is 0 Å². The minimum atomic E-state index is -0.496. The quantitative estimate of drug-likeness (QED) is 0.167. The van der Waals surface area contributed by atoms with E-state index in [0.717, 1.165) is 71.7 Å². The van der Waals surface area contributed by atoms with Crippen LogP contribution in [0.4, 0.5) is 0 Å². The van der Waals surface area contributed by atoms with Crippen LogP contribution in [0.15, 0.2) is 221 Å². The van der Waals surface area contributed by atoms with Gasteiger partial charge in [-0.05, 0) is 80.9 Å². The average molecular weight is 806 g/mol. The summed E-state index contributed by atoms with van der Waals surface area (Å²) in [5, 5.41) is 4.00. The molecule has 0 saturated carbocycles. The van der Waals surface area contributed by atoms with Gasteiger partial charge in [-0.25, -0.2) is 15.0 Å². The molecule has 0 aliphatic heterocycles. The van der Waals surface area contributed by atoms with Crippen LogP contribution in [0, 0.1) is 0 Å². The smallest absolute Gasteiger partial charge is 0.167 e. The molecule has 5 heteroatoms. The minimum absolute atomic E-state index is 0.496. The lowest BCUT2D eigenvalue weighted by Crippen LogP contribution is -2.28. The van der Waals surface area contributed by atoms with Crippen molar-refractivity contribution in [3.05, 3.63) is 235 Å². The van der Waals surface area contributed by atoms with E-state index in [0.29, 0.717) is 17.5 Å². The van der Waals surface area contributed by atoms with Crippen LogP contribution in [0.5, 0.6) is 0 Å². The van der Waals surface area contributed by atoms with E-state index < -0.39 is 5.41 Å². The molecule has 5 nitrogen and oxygen atoms in total. The molecule has 9 aromatic carbocycles. The van der Waals surface area contributed by atoms with Crippen LogP contribution in [-0.4, -0.2) is 15.0 Å². The second-order valence-electron chi connectivity index (χ2n) is 16.2. The zero-order chi connectivity index (χ0) is 41.5. The zero-order valence-electron chi connectivity index (χ0n) is 33.9. The molecule has 0 N–H and O–H groups in total. The van der Waals surface area contributed by atoms with Crippen molar-refractivity contribution in [1.29, 1.82) is 0 Å². The summed E-state index contributed by atoms with van der Waals surface area (Å²) in [6.45, 7) is 0. The molecule has 0 spiro atoms. The number of para-hydroxylation sites is 2. The Morgan fingerprint density at radius 1 is 0.317 bits per heavy atom. The molecule has 1 aliphatic carbocycles. The molecule has 0 atom stereocenters. The Kier molecular flexibility index (Phi) is 7.75. The van der Waals surface area contributed by atoms with Crippen LogP contribution in [0.3, 0.4) is 0 Å². The van der Waals surface area contributed by atoms with Gasteiger partial charge >= 0.3 is 0 Å². The number of benzene rings is 9. The lowest BCUT2D eigenvalue weighted by atomic mass is 9.67. The first-order chi connectivity index (χ1) is 31.2. The SMILES string of the molecule is c1ccc(-c2nc(-c3cccc4c3oc3ccccc34)nc(-c3cccc4oc5ccc(-c6ccc7c(c6)C(c6ccccc6)(c6ccccc6)c6ccccc6-7)cc5c34)n2)cc1. The highest BCUT2D eigenvalue weighted by molar-refractivity contribution is 6.13. The molecule has 0 amide bonds. The molecule has 1 aliphatic rings. The Balaban J connectivity index is 1.01. The number of furan rings is 2. The number of hydrogen-bond acceptors (Lipinski definition) is 5. The molecule has 12 aromatic rings. The van der Waals surface area contributed by atoms with Crippen LogP contribution in [-0.2, 0) is 5.41 Å². The number of hydrogen-bond donors (Lipinski definition) is 0. The van der Waals surface area contributed by atoms with E-state index in [1.165, 1.54) is 33.4 Å². The van der Waals surface area contributed by atoms with Crippen LogP contribution >= 0.6 is 0 Å². The molecule has 0 unspecified atom stereocenters. The summed E-state index contributed by atoms with van der Waals surface area (Å²) in [6, 6.07) is 74.7. The fraction of sp³-hybridized carbons (Fsp3) is 0.0172. The lowest BCUT2D eigenvalue weighted by molar-refractivity contribution is 0.668. The van der Waals surface area contributed by atoms with E-state index in [1.54, 1.807) is 0 Å². The first kappa shape index (κ1) is 35.4. The van der Waals surface area contributed by atoms with Crippen LogP contribution in [0.1, 0.15) is 22.3 Å². The van der Waals surface area contributed by atoms with E-state index in [4.69, 9.17) is 23.8 Å². The molecule has 0 bridgehead atoms. The fourth-order valence-electron chi connectivity index (χ4n) is 10.1. The standard InChI is InChI=1S/C58H35N3O2/c1-4-16-36(17-5-1)55-59-56(61-57(60-55)46-26-14-24-44-43-23-11-13-28-50(43)63-54(44)46)45-25-15-29-52-53(45)47-34-37(31-33-51(47)62-52)38-30-32-42-41-22-10-12-27-48(41)58(49(42)35-38,39-18-6-2-7-19-39)40-20-8-3-9-21-40/h1-35H. The first-order valence-corrected chi connectivity index (χ1v) is 21.3. The maximum absolute atomic E-state index is 6.61.